The quantitative estimate of drug-likeness (QED) is 0.526. The second-order valence-corrected chi connectivity index (χ2v) is 5.26. The van der Waals surface area contributed by atoms with Gasteiger partial charge in [-0.05, 0) is 26.7 Å². The highest BCUT2D eigenvalue weighted by Gasteiger charge is 2.38. The number of primary amides is 1. The van der Waals surface area contributed by atoms with Crippen molar-refractivity contribution < 1.29 is 33.4 Å². The number of ether oxygens (including phenoxy) is 3. The maximum Gasteiger partial charge on any atom is 0.312 e. The molecule has 1 saturated heterocycles. The summed E-state index contributed by atoms with van der Waals surface area (Å²) in [7, 11) is 0. The fraction of sp³-hybridized carbons (Fsp3) is 0.733. The topological polar surface area (TPSA) is 134 Å². The van der Waals surface area contributed by atoms with Crippen molar-refractivity contribution in [3.05, 3.63) is 0 Å². The van der Waals surface area contributed by atoms with Crippen LogP contribution in [0.25, 0.3) is 0 Å². The van der Waals surface area contributed by atoms with Gasteiger partial charge in [0.1, 0.15) is 12.1 Å². The first-order valence-corrected chi connectivity index (χ1v) is 7.94. The second-order valence-electron chi connectivity index (χ2n) is 5.26. The minimum atomic E-state index is -1.38. The molecule has 1 rings (SSSR count). The van der Waals surface area contributed by atoms with Gasteiger partial charge in [-0.25, -0.2) is 0 Å². The third-order valence-corrected chi connectivity index (χ3v) is 3.51. The molecule has 1 fully saturated rings. The van der Waals surface area contributed by atoms with Crippen LogP contribution in [0.15, 0.2) is 0 Å². The lowest BCUT2D eigenvalue weighted by Gasteiger charge is -2.24. The molecule has 0 radical (unpaired) electrons. The van der Waals surface area contributed by atoms with E-state index >= 15 is 0 Å². The minimum absolute atomic E-state index is 0.0589. The van der Waals surface area contributed by atoms with E-state index in [1.54, 1.807) is 13.8 Å². The van der Waals surface area contributed by atoms with Crippen LogP contribution < -0.4 is 11.1 Å². The molecule has 0 saturated carbocycles. The largest absolute Gasteiger partial charge is 0.466 e. The van der Waals surface area contributed by atoms with Crippen molar-refractivity contribution in [2.75, 3.05) is 19.8 Å². The molecule has 0 spiro atoms. The highest BCUT2D eigenvalue weighted by molar-refractivity contribution is 5.93. The summed E-state index contributed by atoms with van der Waals surface area (Å²) in [6.45, 7) is 3.83. The van der Waals surface area contributed by atoms with Crippen molar-refractivity contribution in [1.29, 1.82) is 0 Å². The van der Waals surface area contributed by atoms with Crippen LogP contribution in [0.5, 0.6) is 0 Å². The lowest BCUT2D eigenvalue weighted by Crippen LogP contribution is -2.54. The van der Waals surface area contributed by atoms with Crippen molar-refractivity contribution in [2.24, 2.45) is 11.7 Å². The van der Waals surface area contributed by atoms with Crippen LogP contribution in [0, 0.1) is 5.92 Å². The maximum atomic E-state index is 12.1. The van der Waals surface area contributed by atoms with Crippen LogP contribution >= 0.6 is 0 Å². The lowest BCUT2D eigenvalue weighted by molar-refractivity contribution is -0.157. The Morgan fingerprint density at radius 3 is 2.38 bits per heavy atom. The number of carbonyl (C=O) groups is 4. The minimum Gasteiger partial charge on any atom is -0.466 e. The van der Waals surface area contributed by atoms with Gasteiger partial charge in [0, 0.05) is 6.61 Å². The Balaban J connectivity index is 2.89. The second kappa shape index (κ2) is 9.86. The van der Waals surface area contributed by atoms with E-state index in [4.69, 9.17) is 19.9 Å². The number of carbonyl (C=O) groups excluding carboxylic acids is 4. The molecule has 24 heavy (non-hydrogen) atoms. The van der Waals surface area contributed by atoms with Gasteiger partial charge in [-0.1, -0.05) is 0 Å². The molecule has 1 heterocycles. The Morgan fingerprint density at radius 1 is 1.21 bits per heavy atom. The zero-order chi connectivity index (χ0) is 18.1. The molecule has 9 heteroatoms. The standard InChI is InChI=1S/C15H24N2O7/c1-3-22-11(18)8-9(15(21)23-4-2)12(13(16)19)17-14(20)10-6-5-7-24-10/h9-10,12H,3-8H2,1-2H3,(H2,16,19)(H,17,20)/t9-,10+,12+/m0/s1. The van der Waals surface area contributed by atoms with Crippen molar-refractivity contribution in [2.45, 2.75) is 45.3 Å². The fourth-order valence-electron chi connectivity index (χ4n) is 2.39. The summed E-state index contributed by atoms with van der Waals surface area (Å²) in [4.78, 5) is 47.7. The molecule has 1 aliphatic heterocycles. The molecule has 0 bridgehead atoms. The summed E-state index contributed by atoms with van der Waals surface area (Å²) in [5.74, 6) is -4.24. The Morgan fingerprint density at radius 2 is 1.88 bits per heavy atom. The highest BCUT2D eigenvalue weighted by atomic mass is 16.5. The van der Waals surface area contributed by atoms with E-state index in [1.165, 1.54) is 0 Å². The lowest BCUT2D eigenvalue weighted by atomic mass is 9.95. The molecule has 0 aliphatic carbocycles. The van der Waals surface area contributed by atoms with Gasteiger partial charge in [0.2, 0.25) is 11.8 Å². The summed E-state index contributed by atoms with van der Waals surface area (Å²) in [6.07, 6.45) is 0.117. The maximum absolute atomic E-state index is 12.1. The molecule has 1 aliphatic rings. The third-order valence-electron chi connectivity index (χ3n) is 3.51. The molecular weight excluding hydrogens is 320 g/mol. The van der Waals surface area contributed by atoms with E-state index in [9.17, 15) is 19.2 Å². The predicted molar refractivity (Wildman–Crippen MR) is 81.5 cm³/mol. The van der Waals surface area contributed by atoms with Crippen molar-refractivity contribution in [1.82, 2.24) is 5.32 Å². The van der Waals surface area contributed by atoms with Gasteiger partial charge in [0.25, 0.3) is 0 Å². The smallest absolute Gasteiger partial charge is 0.312 e. The average molecular weight is 344 g/mol. The number of amides is 2. The molecule has 2 amide bonds. The summed E-state index contributed by atoms with van der Waals surface area (Å²) in [5, 5.41) is 2.40. The first kappa shape index (κ1) is 19.9. The summed E-state index contributed by atoms with van der Waals surface area (Å²) in [5.41, 5.74) is 5.31. The number of esters is 2. The zero-order valence-corrected chi connectivity index (χ0v) is 13.9. The van der Waals surface area contributed by atoms with Gasteiger partial charge in [-0.15, -0.1) is 0 Å². The predicted octanol–water partition coefficient (Wildman–Crippen LogP) is -0.732. The molecule has 0 unspecified atom stereocenters. The van der Waals surface area contributed by atoms with Crippen molar-refractivity contribution in [3.8, 4) is 0 Å². The van der Waals surface area contributed by atoms with E-state index in [-0.39, 0.29) is 13.2 Å². The van der Waals surface area contributed by atoms with Crippen molar-refractivity contribution >= 4 is 23.8 Å². The van der Waals surface area contributed by atoms with Crippen LogP contribution in [-0.4, -0.2) is 55.7 Å². The van der Waals surface area contributed by atoms with E-state index in [0.29, 0.717) is 13.0 Å². The van der Waals surface area contributed by atoms with Gasteiger partial charge in [0.05, 0.1) is 25.6 Å². The number of rotatable bonds is 9. The van der Waals surface area contributed by atoms with Gasteiger partial charge >= 0.3 is 11.9 Å². The summed E-state index contributed by atoms with van der Waals surface area (Å²) < 4.78 is 14.9. The van der Waals surface area contributed by atoms with E-state index in [0.717, 1.165) is 6.42 Å². The van der Waals surface area contributed by atoms with Gasteiger partial charge < -0.3 is 25.3 Å². The number of nitrogens with two attached hydrogens (primary N) is 1. The molecule has 3 N–H and O–H groups in total. The molecular formula is C15H24N2O7. The Labute approximate surface area is 140 Å². The normalized spacial score (nSPS) is 19.2. The first-order chi connectivity index (χ1) is 11.4. The monoisotopic (exact) mass is 344 g/mol. The van der Waals surface area contributed by atoms with E-state index in [2.05, 4.69) is 5.32 Å². The average Bonchev–Trinajstić information content (AvgIpc) is 3.05. The summed E-state index contributed by atoms with van der Waals surface area (Å²) >= 11 is 0. The first-order valence-electron chi connectivity index (χ1n) is 7.94. The van der Waals surface area contributed by atoms with Crippen LogP contribution in [-0.2, 0) is 33.4 Å². The molecule has 0 aromatic heterocycles. The van der Waals surface area contributed by atoms with Gasteiger partial charge in [0.15, 0.2) is 0 Å². The number of hydrogen-bond donors (Lipinski definition) is 2. The van der Waals surface area contributed by atoms with Crippen LogP contribution in [0.1, 0.15) is 33.1 Å². The van der Waals surface area contributed by atoms with Crippen molar-refractivity contribution in [3.63, 3.8) is 0 Å². The van der Waals surface area contributed by atoms with Crippen LogP contribution in [0.3, 0.4) is 0 Å². The Hall–Kier alpha value is -2.16. The third kappa shape index (κ3) is 5.80. The Kier molecular flexibility index (Phi) is 8.17. The van der Waals surface area contributed by atoms with Crippen LogP contribution in [0.4, 0.5) is 0 Å². The van der Waals surface area contributed by atoms with Gasteiger partial charge in [-0.3, -0.25) is 19.2 Å². The Bertz CT molecular complexity index is 474. The van der Waals surface area contributed by atoms with E-state index < -0.39 is 48.2 Å². The highest BCUT2D eigenvalue weighted by Crippen LogP contribution is 2.16. The zero-order valence-electron chi connectivity index (χ0n) is 13.9. The number of nitrogens with one attached hydrogen (secondary N) is 1. The van der Waals surface area contributed by atoms with Gasteiger partial charge in [-0.2, -0.15) is 0 Å². The van der Waals surface area contributed by atoms with E-state index in [1.807, 2.05) is 0 Å². The molecule has 9 nitrogen and oxygen atoms in total. The molecule has 136 valence electrons. The molecule has 0 aromatic carbocycles. The molecule has 3 atom stereocenters. The fourth-order valence-corrected chi connectivity index (χ4v) is 2.39. The van der Waals surface area contributed by atoms with Crippen LogP contribution in [0.2, 0.25) is 0 Å². The summed E-state index contributed by atoms with van der Waals surface area (Å²) in [6, 6.07) is -1.38. The molecule has 0 aromatic rings. The SMILES string of the molecule is CCOC(=O)C[C@H](C(=O)OCC)[C@@H](NC(=O)[C@H]1CCCO1)C(N)=O. The number of hydrogen-bond acceptors (Lipinski definition) is 7.